The molecule has 0 spiro atoms. The summed E-state index contributed by atoms with van der Waals surface area (Å²) >= 11 is 0. The Hall–Kier alpha value is -3.25. The van der Waals surface area contributed by atoms with Gasteiger partial charge in [0, 0.05) is 33.4 Å². The predicted molar refractivity (Wildman–Crippen MR) is 163 cm³/mol. The Kier molecular flexibility index (Phi) is 13.6. The molecular formula is C31H49N5O6. The van der Waals surface area contributed by atoms with E-state index in [0.717, 1.165) is 16.3 Å². The molecule has 0 fully saturated rings. The molecule has 0 bridgehead atoms. The fraction of sp³-hybridized carbons (Fsp3) is 0.581. The van der Waals surface area contributed by atoms with Gasteiger partial charge < -0.3 is 30.2 Å². The Morgan fingerprint density at radius 1 is 0.976 bits per heavy atom. The van der Waals surface area contributed by atoms with Crippen LogP contribution in [0.4, 0.5) is 4.79 Å². The number of nitrogens with two attached hydrogens (primary N) is 1. The average Bonchev–Trinajstić information content (AvgIpc) is 2.92. The van der Waals surface area contributed by atoms with Crippen molar-refractivity contribution in [2.75, 3.05) is 40.0 Å². The number of hydrazine groups is 1. The molecule has 0 heterocycles. The summed E-state index contributed by atoms with van der Waals surface area (Å²) in [5.41, 5.74) is 5.83. The number of urea groups is 1. The zero-order chi connectivity index (χ0) is 31.4. The molecule has 0 radical (unpaired) electrons. The molecule has 11 heteroatoms. The van der Waals surface area contributed by atoms with Crippen LogP contribution in [-0.4, -0.2) is 96.7 Å². The minimum atomic E-state index is -1.02. The van der Waals surface area contributed by atoms with Crippen LogP contribution < -0.4 is 11.1 Å². The van der Waals surface area contributed by atoms with Gasteiger partial charge in [-0.25, -0.2) is 9.80 Å². The van der Waals surface area contributed by atoms with Gasteiger partial charge in [-0.15, -0.1) is 0 Å². The second-order valence-electron chi connectivity index (χ2n) is 11.0. The van der Waals surface area contributed by atoms with Crippen LogP contribution in [0.15, 0.2) is 42.5 Å². The van der Waals surface area contributed by atoms with Crippen molar-refractivity contribution in [1.82, 2.24) is 20.2 Å². The zero-order valence-electron chi connectivity index (χ0n) is 26.4. The largest absolute Gasteiger partial charge is 0.373 e. The molecule has 11 nitrogen and oxygen atoms in total. The number of rotatable bonds is 16. The lowest BCUT2D eigenvalue weighted by Crippen LogP contribution is -2.58. The number of ether oxygens (including phenoxy) is 3. The molecule has 0 aliphatic rings. The van der Waals surface area contributed by atoms with Crippen molar-refractivity contribution in [2.45, 2.75) is 79.0 Å². The fourth-order valence-corrected chi connectivity index (χ4v) is 4.65. The number of benzene rings is 2. The van der Waals surface area contributed by atoms with Gasteiger partial charge in [0.2, 0.25) is 11.8 Å². The van der Waals surface area contributed by atoms with Gasteiger partial charge in [-0.05, 0) is 64.8 Å². The van der Waals surface area contributed by atoms with E-state index in [1.165, 1.54) is 10.0 Å². The summed E-state index contributed by atoms with van der Waals surface area (Å²) in [5.74, 6) is -0.806. The highest BCUT2D eigenvalue weighted by Crippen LogP contribution is 2.23. The van der Waals surface area contributed by atoms with Gasteiger partial charge in [0.05, 0.1) is 24.8 Å². The third-order valence-corrected chi connectivity index (χ3v) is 6.71. The monoisotopic (exact) mass is 587 g/mol. The van der Waals surface area contributed by atoms with Crippen molar-refractivity contribution >= 4 is 28.6 Å². The van der Waals surface area contributed by atoms with Crippen LogP contribution in [0.3, 0.4) is 0 Å². The number of primary amides is 1. The Morgan fingerprint density at radius 2 is 1.60 bits per heavy atom. The summed E-state index contributed by atoms with van der Waals surface area (Å²) in [4.78, 5) is 41.0. The molecule has 0 aliphatic heterocycles. The Bertz CT molecular complexity index is 1160. The van der Waals surface area contributed by atoms with E-state index in [-0.39, 0.29) is 25.6 Å². The molecule has 0 aliphatic carbocycles. The number of carbonyl (C=O) groups excluding carboxylic acids is 3. The van der Waals surface area contributed by atoms with E-state index in [9.17, 15) is 14.4 Å². The number of likely N-dealkylation sites (N-methyl/N-ethyl adjacent to an activating group) is 1. The molecular weight excluding hydrogens is 538 g/mol. The molecule has 0 saturated heterocycles. The summed E-state index contributed by atoms with van der Waals surface area (Å²) in [5, 5.41) is 7.58. The number of hydrogen-bond acceptors (Lipinski definition) is 7. The third-order valence-electron chi connectivity index (χ3n) is 6.71. The van der Waals surface area contributed by atoms with Crippen LogP contribution in [-0.2, 0) is 30.3 Å². The highest BCUT2D eigenvalue weighted by Gasteiger charge is 2.35. The second-order valence-corrected chi connectivity index (χ2v) is 11.0. The maximum Gasteiger partial charge on any atom is 0.329 e. The Labute approximate surface area is 250 Å². The van der Waals surface area contributed by atoms with Crippen molar-refractivity contribution < 1.29 is 28.6 Å². The van der Waals surface area contributed by atoms with E-state index in [4.69, 9.17) is 19.9 Å². The lowest BCUT2D eigenvalue weighted by atomic mass is 10.0. The summed E-state index contributed by atoms with van der Waals surface area (Å²) in [6.07, 6.45) is -0.682. The number of nitrogens with one attached hydrogen (secondary N) is 1. The van der Waals surface area contributed by atoms with E-state index < -0.39 is 35.9 Å². The summed E-state index contributed by atoms with van der Waals surface area (Å²) in [6, 6.07) is 11.8. The first-order valence-electron chi connectivity index (χ1n) is 14.5. The highest BCUT2D eigenvalue weighted by molar-refractivity contribution is 5.90. The molecule has 42 heavy (non-hydrogen) atoms. The van der Waals surface area contributed by atoms with Gasteiger partial charge in [0.1, 0.15) is 6.04 Å². The summed E-state index contributed by atoms with van der Waals surface area (Å²) < 4.78 is 17.8. The smallest absolute Gasteiger partial charge is 0.329 e. The minimum Gasteiger partial charge on any atom is -0.373 e. The van der Waals surface area contributed by atoms with Crippen molar-refractivity contribution in [3.05, 3.63) is 48.0 Å². The normalized spacial score (nSPS) is 13.3. The molecule has 2 aromatic rings. The van der Waals surface area contributed by atoms with Crippen LogP contribution in [0, 0.1) is 0 Å². The van der Waals surface area contributed by atoms with Gasteiger partial charge >= 0.3 is 6.03 Å². The first kappa shape index (κ1) is 34.9. The van der Waals surface area contributed by atoms with E-state index in [1.54, 1.807) is 18.9 Å². The number of carbonyl (C=O) groups is 3. The maximum atomic E-state index is 14.4. The standard InChI is InChI=1S/C31H49N5O6/c1-9-36(30(32)39)34(8)20-27(37)33-26(21-42-31(5,6)7)28(38)35(22(4)29(40-10-2)41-11-3)19-24-17-14-16-23-15-12-13-18-25(23)24/h12-18,22,26,29H,9-11,19-21H2,1-8H3,(H2,32,39)(H,33,37)/t22-,26-/m0/s1. The zero-order valence-corrected chi connectivity index (χ0v) is 26.4. The summed E-state index contributed by atoms with van der Waals surface area (Å²) in [6.45, 7) is 14.1. The SMILES string of the molecule is CCOC(OCC)[C@H](C)N(Cc1cccc2ccccc12)C(=O)[C@H](COC(C)(C)C)NC(=O)CN(C)N(CC)C(N)=O. The lowest BCUT2D eigenvalue weighted by Gasteiger charge is -2.37. The second kappa shape index (κ2) is 16.4. The van der Waals surface area contributed by atoms with Gasteiger partial charge in [0.15, 0.2) is 6.29 Å². The fourth-order valence-electron chi connectivity index (χ4n) is 4.65. The van der Waals surface area contributed by atoms with E-state index >= 15 is 0 Å². The predicted octanol–water partition coefficient (Wildman–Crippen LogP) is 3.50. The van der Waals surface area contributed by atoms with Crippen LogP contribution in [0.2, 0.25) is 0 Å². The first-order valence-corrected chi connectivity index (χ1v) is 14.5. The highest BCUT2D eigenvalue weighted by atomic mass is 16.7. The molecule has 4 amide bonds. The first-order chi connectivity index (χ1) is 19.8. The van der Waals surface area contributed by atoms with E-state index in [0.29, 0.717) is 19.8 Å². The van der Waals surface area contributed by atoms with Gasteiger partial charge in [-0.3, -0.25) is 14.6 Å². The molecule has 234 valence electrons. The maximum absolute atomic E-state index is 14.4. The lowest BCUT2D eigenvalue weighted by molar-refractivity contribution is -0.180. The molecule has 2 rings (SSSR count). The van der Waals surface area contributed by atoms with Crippen LogP contribution in [0.25, 0.3) is 10.8 Å². The van der Waals surface area contributed by atoms with Crippen LogP contribution in [0.1, 0.15) is 54.0 Å². The molecule has 0 saturated carbocycles. The van der Waals surface area contributed by atoms with Crippen molar-refractivity contribution in [1.29, 1.82) is 0 Å². The summed E-state index contributed by atoms with van der Waals surface area (Å²) in [7, 11) is 1.58. The average molecular weight is 588 g/mol. The Morgan fingerprint density at radius 3 is 2.17 bits per heavy atom. The number of nitrogens with zero attached hydrogens (tertiary/aromatic N) is 3. The molecule has 2 aromatic carbocycles. The van der Waals surface area contributed by atoms with Gasteiger partial charge in [-0.1, -0.05) is 42.5 Å². The van der Waals surface area contributed by atoms with Gasteiger partial charge in [-0.2, -0.15) is 0 Å². The topological polar surface area (TPSA) is 127 Å². The van der Waals surface area contributed by atoms with Gasteiger partial charge in [0.25, 0.3) is 0 Å². The number of fused-ring (bicyclic) bond motifs is 1. The van der Waals surface area contributed by atoms with Crippen molar-refractivity contribution in [3.63, 3.8) is 0 Å². The number of amides is 4. The quantitative estimate of drug-likeness (QED) is 0.227. The van der Waals surface area contributed by atoms with E-state index in [2.05, 4.69) is 5.32 Å². The van der Waals surface area contributed by atoms with Crippen LogP contribution >= 0.6 is 0 Å². The number of hydrogen-bond donors (Lipinski definition) is 2. The Balaban J connectivity index is 2.47. The minimum absolute atomic E-state index is 0.0577. The molecule has 0 aromatic heterocycles. The molecule has 0 unspecified atom stereocenters. The van der Waals surface area contributed by atoms with Crippen molar-refractivity contribution in [2.24, 2.45) is 5.73 Å². The van der Waals surface area contributed by atoms with Crippen LogP contribution in [0.5, 0.6) is 0 Å². The van der Waals surface area contributed by atoms with Crippen molar-refractivity contribution in [3.8, 4) is 0 Å². The molecule has 3 N–H and O–H groups in total. The molecule has 2 atom stereocenters. The third kappa shape index (κ3) is 10.2. The van der Waals surface area contributed by atoms with E-state index in [1.807, 2.05) is 84.0 Å².